The van der Waals surface area contributed by atoms with Crippen molar-refractivity contribution in [3.8, 4) is 0 Å². The van der Waals surface area contributed by atoms with Crippen LogP contribution in [-0.4, -0.2) is 28.6 Å². The van der Waals surface area contributed by atoms with Crippen LogP contribution in [-0.2, 0) is 0 Å². The van der Waals surface area contributed by atoms with Crippen LogP contribution < -0.4 is 5.32 Å². The number of halogens is 2. The summed E-state index contributed by atoms with van der Waals surface area (Å²) in [5, 5.41) is 14.4. The summed E-state index contributed by atoms with van der Waals surface area (Å²) < 4.78 is 29.4. The third-order valence-corrected chi connectivity index (χ3v) is 8.31. The molecule has 3 aromatic rings. The van der Waals surface area contributed by atoms with E-state index in [1.807, 2.05) is 11.4 Å². The van der Waals surface area contributed by atoms with Crippen LogP contribution >= 0.6 is 23.3 Å². The highest BCUT2D eigenvalue weighted by Gasteiger charge is 2.45. The Balaban J connectivity index is 1.49. The van der Waals surface area contributed by atoms with E-state index in [0.717, 1.165) is 45.4 Å². The van der Waals surface area contributed by atoms with Crippen molar-refractivity contribution in [2.45, 2.75) is 17.7 Å². The Labute approximate surface area is 211 Å². The zero-order valence-electron chi connectivity index (χ0n) is 18.9. The predicted molar refractivity (Wildman–Crippen MR) is 141 cm³/mol. The van der Waals surface area contributed by atoms with Gasteiger partial charge in [-0.2, -0.15) is 0 Å². The second-order valence-electron chi connectivity index (χ2n) is 8.62. The maximum atomic E-state index is 13.8. The van der Waals surface area contributed by atoms with Crippen molar-refractivity contribution < 1.29 is 8.78 Å². The summed E-state index contributed by atoms with van der Waals surface area (Å²) in [4.78, 5) is 5.39. The van der Waals surface area contributed by atoms with Gasteiger partial charge in [0.1, 0.15) is 16.6 Å². The normalized spacial score (nSPS) is 20.2. The molecule has 8 heteroatoms. The zero-order chi connectivity index (χ0) is 24.4. The van der Waals surface area contributed by atoms with Crippen molar-refractivity contribution >= 4 is 40.8 Å². The van der Waals surface area contributed by atoms with Crippen LogP contribution in [0.2, 0.25) is 0 Å². The summed E-state index contributed by atoms with van der Waals surface area (Å²) in [6.45, 7) is 5.95. The Hall–Kier alpha value is -3.07. The molecule has 1 aliphatic heterocycles. The molecule has 0 radical (unpaired) electrons. The molecule has 0 bridgehead atoms. The molecule has 35 heavy (non-hydrogen) atoms. The molecule has 0 amide bonds. The first-order valence-corrected chi connectivity index (χ1v) is 12.9. The van der Waals surface area contributed by atoms with Gasteiger partial charge in [0.15, 0.2) is 0 Å². The number of hydrogen-bond donors (Lipinski definition) is 2. The van der Waals surface area contributed by atoms with Crippen LogP contribution in [0.4, 0.5) is 14.5 Å². The van der Waals surface area contributed by atoms with E-state index in [2.05, 4.69) is 27.3 Å². The lowest BCUT2D eigenvalue weighted by molar-refractivity contribution is 0.287. The van der Waals surface area contributed by atoms with Gasteiger partial charge in [-0.1, -0.05) is 18.2 Å². The highest BCUT2D eigenvalue weighted by Crippen LogP contribution is 2.53. The molecular weight excluding hydrogens is 482 g/mol. The number of piperidine rings is 1. The Kier molecular flexibility index (Phi) is 6.69. The average molecular weight is 507 g/mol. The number of benzene rings is 2. The van der Waals surface area contributed by atoms with Crippen LogP contribution in [0.25, 0.3) is 5.57 Å². The quantitative estimate of drug-likeness (QED) is 0.263. The van der Waals surface area contributed by atoms with Gasteiger partial charge in [-0.25, -0.2) is 18.1 Å². The van der Waals surface area contributed by atoms with Gasteiger partial charge in [0.2, 0.25) is 0 Å². The number of aromatic nitrogens is 1. The molecule has 2 N–H and O–H groups in total. The van der Waals surface area contributed by atoms with Crippen molar-refractivity contribution in [3.05, 3.63) is 106 Å². The minimum Gasteiger partial charge on any atom is -0.355 e. The van der Waals surface area contributed by atoms with Crippen LogP contribution in [0.5, 0.6) is 0 Å². The van der Waals surface area contributed by atoms with E-state index in [9.17, 15) is 8.78 Å². The lowest BCUT2D eigenvalue weighted by atomic mass is 9.64. The van der Waals surface area contributed by atoms with E-state index in [4.69, 9.17) is 5.41 Å². The molecule has 5 rings (SSSR count). The molecule has 178 valence electrons. The molecule has 1 unspecified atom stereocenters. The van der Waals surface area contributed by atoms with E-state index in [0.29, 0.717) is 13.0 Å². The van der Waals surface area contributed by atoms with Crippen molar-refractivity contribution in [2.75, 3.05) is 18.4 Å². The highest BCUT2D eigenvalue weighted by atomic mass is 32.2. The molecule has 1 fully saturated rings. The molecule has 0 saturated carbocycles. The first kappa shape index (κ1) is 23.7. The topological polar surface area (TPSA) is 52.0 Å². The van der Waals surface area contributed by atoms with Crippen molar-refractivity contribution in [1.82, 2.24) is 9.29 Å². The Morgan fingerprint density at radius 2 is 2.03 bits per heavy atom. The summed E-state index contributed by atoms with van der Waals surface area (Å²) in [6, 6.07) is 12.8. The van der Waals surface area contributed by atoms with Gasteiger partial charge in [0.05, 0.1) is 0 Å². The zero-order valence-corrected chi connectivity index (χ0v) is 20.6. The second-order valence-corrected chi connectivity index (χ2v) is 10.7. The molecule has 0 spiro atoms. The number of hydrogen-bond acceptors (Lipinski definition) is 6. The van der Waals surface area contributed by atoms with Gasteiger partial charge in [-0.05, 0) is 84.5 Å². The van der Waals surface area contributed by atoms with E-state index in [1.165, 1.54) is 30.0 Å². The van der Waals surface area contributed by atoms with Crippen molar-refractivity contribution in [1.29, 1.82) is 5.41 Å². The molecule has 1 saturated heterocycles. The largest absolute Gasteiger partial charge is 0.355 e. The summed E-state index contributed by atoms with van der Waals surface area (Å²) in [6.07, 6.45) is 6.67. The number of rotatable bonds is 7. The third-order valence-electron chi connectivity index (χ3n) is 6.44. The van der Waals surface area contributed by atoms with Gasteiger partial charge < -0.3 is 10.7 Å². The smallest absolute Gasteiger partial charge is 0.124 e. The van der Waals surface area contributed by atoms with E-state index in [-0.39, 0.29) is 11.6 Å². The standard InChI is InChI=1S/C27H24F2N4S2/c1-18(26-31-10-12-34-26)27-15-19(16-30)25(32-23-7-5-21(28)6-8-23)13-20(27)9-11-33(17-27)35-24-4-2-3-22(29)14-24/h2-8,10,12-14,16,30,32H,1,9,11,15,17H2. The molecule has 2 aromatic carbocycles. The van der Waals surface area contributed by atoms with Crippen molar-refractivity contribution in [3.63, 3.8) is 0 Å². The van der Waals surface area contributed by atoms with Crippen LogP contribution in [0.1, 0.15) is 17.8 Å². The Morgan fingerprint density at radius 3 is 2.74 bits per heavy atom. The van der Waals surface area contributed by atoms with Gasteiger partial charge >= 0.3 is 0 Å². The Bertz CT molecular complexity index is 1320. The van der Waals surface area contributed by atoms with Gasteiger partial charge in [-0.15, -0.1) is 11.3 Å². The molecule has 1 atom stereocenters. The second kappa shape index (κ2) is 9.89. The number of thiazole rings is 1. The van der Waals surface area contributed by atoms with Gasteiger partial charge in [0.25, 0.3) is 0 Å². The van der Waals surface area contributed by atoms with E-state index < -0.39 is 5.41 Å². The monoisotopic (exact) mass is 506 g/mol. The lowest BCUT2D eigenvalue weighted by Gasteiger charge is -2.47. The van der Waals surface area contributed by atoms with Crippen LogP contribution in [0.15, 0.2) is 94.5 Å². The number of fused-ring (bicyclic) bond motifs is 1. The Morgan fingerprint density at radius 1 is 1.20 bits per heavy atom. The molecule has 1 aliphatic carbocycles. The fourth-order valence-electron chi connectivity index (χ4n) is 4.69. The summed E-state index contributed by atoms with van der Waals surface area (Å²) in [5.41, 5.74) is 4.18. The fourth-order valence-corrected chi connectivity index (χ4v) is 6.47. The van der Waals surface area contributed by atoms with Gasteiger partial charge in [-0.3, -0.25) is 0 Å². The average Bonchev–Trinajstić information content (AvgIpc) is 3.40. The first-order chi connectivity index (χ1) is 17.0. The summed E-state index contributed by atoms with van der Waals surface area (Å²) >= 11 is 3.10. The molecular formula is C27H24F2N4S2. The first-order valence-electron chi connectivity index (χ1n) is 11.2. The number of anilines is 1. The summed E-state index contributed by atoms with van der Waals surface area (Å²) in [7, 11) is 0. The van der Waals surface area contributed by atoms with Crippen molar-refractivity contribution in [2.24, 2.45) is 5.41 Å². The fraction of sp³-hybridized carbons (Fsp3) is 0.185. The maximum absolute atomic E-state index is 13.8. The molecule has 1 aromatic heterocycles. The molecule has 2 heterocycles. The van der Waals surface area contributed by atoms with Crippen LogP contribution in [0.3, 0.4) is 0 Å². The SMILES string of the molecule is C=C(c1nccs1)C12CC(C=N)=C(Nc3ccc(F)cc3)C=C1CCN(Sc1cccc(F)c1)C2. The highest BCUT2D eigenvalue weighted by molar-refractivity contribution is 7.97. The van der Waals surface area contributed by atoms with Gasteiger partial charge in [0, 0.05) is 52.6 Å². The number of nitrogens with zero attached hydrogens (tertiary/aromatic N) is 2. The third kappa shape index (κ3) is 4.87. The number of nitrogens with one attached hydrogen (secondary N) is 2. The number of allylic oxidation sites excluding steroid dienone is 2. The predicted octanol–water partition coefficient (Wildman–Crippen LogP) is 7.18. The molecule has 2 aliphatic rings. The van der Waals surface area contributed by atoms with E-state index in [1.54, 1.807) is 53.7 Å². The minimum absolute atomic E-state index is 0.252. The summed E-state index contributed by atoms with van der Waals surface area (Å²) in [5.74, 6) is -0.543. The lowest BCUT2D eigenvalue weighted by Crippen LogP contribution is -2.44. The van der Waals surface area contributed by atoms with E-state index >= 15 is 0 Å². The van der Waals surface area contributed by atoms with Crippen LogP contribution in [0, 0.1) is 22.5 Å². The minimum atomic E-state index is -0.433. The maximum Gasteiger partial charge on any atom is 0.124 e. The molecule has 4 nitrogen and oxygen atoms in total.